The maximum atomic E-state index is 12.7. The van der Waals surface area contributed by atoms with Crippen LogP contribution in [0.1, 0.15) is 52.7 Å². The van der Waals surface area contributed by atoms with E-state index in [1.54, 1.807) is 52.7 Å². The van der Waals surface area contributed by atoms with Gasteiger partial charge in [0.15, 0.2) is 0 Å². The first kappa shape index (κ1) is 31.6. The lowest BCUT2D eigenvalue weighted by atomic mass is 10.0. The molecule has 0 radical (unpaired) electrons. The van der Waals surface area contributed by atoms with Gasteiger partial charge in [-0.2, -0.15) is 0 Å². The molecule has 0 fully saturated rings. The molecule has 41 heavy (non-hydrogen) atoms. The number of amides is 2. The van der Waals surface area contributed by atoms with Gasteiger partial charge < -0.3 is 19.9 Å². The highest BCUT2D eigenvalue weighted by atomic mass is 16.6. The molecule has 1 heterocycles. The van der Waals surface area contributed by atoms with E-state index in [1.165, 1.54) is 0 Å². The van der Waals surface area contributed by atoms with Crippen LogP contribution in [0.4, 0.5) is 9.59 Å². The van der Waals surface area contributed by atoms with Crippen LogP contribution < -0.4 is 10.7 Å². The summed E-state index contributed by atoms with van der Waals surface area (Å²) in [5.41, 5.74) is 5.02. The minimum atomic E-state index is -1.06. The normalized spacial score (nSPS) is 13.3. The molecule has 3 rings (SSSR count). The number of benzene rings is 2. The SMILES string of the molecule is CC(C)(C)OC(=O)N[C@@H](Cc1ccccc1)C(O)CN(Cc1ccc(-c2ccccn2)cc1)NC(=O)OC(C)(C)C. The van der Waals surface area contributed by atoms with Crippen molar-refractivity contribution >= 4 is 12.2 Å². The van der Waals surface area contributed by atoms with Gasteiger partial charge in [0, 0.05) is 24.8 Å². The third kappa shape index (κ3) is 11.6. The number of aliphatic hydroxyl groups excluding tert-OH is 1. The Morgan fingerprint density at radius 3 is 2.02 bits per heavy atom. The Labute approximate surface area is 242 Å². The quantitative estimate of drug-likeness (QED) is 0.280. The van der Waals surface area contributed by atoms with Crippen LogP contribution in [0.25, 0.3) is 11.3 Å². The summed E-state index contributed by atoms with van der Waals surface area (Å²) in [5, 5.41) is 15.8. The molecule has 3 N–H and O–H groups in total. The zero-order valence-corrected chi connectivity index (χ0v) is 24.8. The van der Waals surface area contributed by atoms with Gasteiger partial charge in [0.1, 0.15) is 11.2 Å². The average molecular weight is 563 g/mol. The van der Waals surface area contributed by atoms with Crippen LogP contribution in [0.15, 0.2) is 79.0 Å². The van der Waals surface area contributed by atoms with Gasteiger partial charge in [-0.15, -0.1) is 0 Å². The summed E-state index contributed by atoms with van der Waals surface area (Å²) < 4.78 is 10.9. The van der Waals surface area contributed by atoms with E-state index < -0.39 is 35.5 Å². The van der Waals surface area contributed by atoms with Crippen LogP contribution in [0.3, 0.4) is 0 Å². The van der Waals surface area contributed by atoms with E-state index in [9.17, 15) is 14.7 Å². The predicted molar refractivity (Wildman–Crippen MR) is 159 cm³/mol. The third-order valence-corrected chi connectivity index (χ3v) is 5.81. The molecule has 0 aliphatic carbocycles. The van der Waals surface area contributed by atoms with Crippen molar-refractivity contribution in [3.05, 3.63) is 90.1 Å². The van der Waals surface area contributed by atoms with Crippen molar-refractivity contribution in [1.82, 2.24) is 20.7 Å². The smallest absolute Gasteiger partial charge is 0.422 e. The van der Waals surface area contributed by atoms with Crippen molar-refractivity contribution in [2.75, 3.05) is 6.54 Å². The van der Waals surface area contributed by atoms with Gasteiger partial charge in [-0.05, 0) is 71.2 Å². The van der Waals surface area contributed by atoms with E-state index >= 15 is 0 Å². The van der Waals surface area contributed by atoms with Gasteiger partial charge in [-0.1, -0.05) is 60.7 Å². The molecule has 0 aliphatic heterocycles. The molecule has 2 aromatic carbocycles. The van der Waals surface area contributed by atoms with E-state index in [0.29, 0.717) is 6.42 Å². The number of pyridine rings is 1. The highest BCUT2D eigenvalue weighted by Gasteiger charge is 2.28. The molecule has 9 nitrogen and oxygen atoms in total. The fraction of sp³-hybridized carbons (Fsp3) is 0.406. The Kier molecular flexibility index (Phi) is 10.9. The number of carbonyl (C=O) groups is 2. The lowest BCUT2D eigenvalue weighted by Gasteiger charge is -2.31. The minimum Gasteiger partial charge on any atom is -0.444 e. The predicted octanol–water partition coefficient (Wildman–Crippen LogP) is 5.49. The summed E-state index contributed by atoms with van der Waals surface area (Å²) in [4.78, 5) is 29.8. The first-order chi connectivity index (χ1) is 19.3. The molecule has 0 spiro atoms. The second kappa shape index (κ2) is 14.1. The van der Waals surface area contributed by atoms with E-state index in [0.717, 1.165) is 22.4 Å². The number of carbonyl (C=O) groups excluding carboxylic acids is 2. The van der Waals surface area contributed by atoms with Crippen LogP contribution in [0.2, 0.25) is 0 Å². The van der Waals surface area contributed by atoms with Gasteiger partial charge in [0.25, 0.3) is 0 Å². The minimum absolute atomic E-state index is 0.00847. The van der Waals surface area contributed by atoms with Crippen LogP contribution in [0.5, 0.6) is 0 Å². The number of rotatable bonds is 10. The van der Waals surface area contributed by atoms with Crippen LogP contribution >= 0.6 is 0 Å². The highest BCUT2D eigenvalue weighted by molar-refractivity contribution is 5.68. The Morgan fingerprint density at radius 1 is 0.829 bits per heavy atom. The number of aliphatic hydroxyl groups is 1. The third-order valence-electron chi connectivity index (χ3n) is 5.81. The molecule has 220 valence electrons. The van der Waals surface area contributed by atoms with E-state index in [1.807, 2.05) is 72.8 Å². The molecule has 2 atom stereocenters. The zero-order valence-electron chi connectivity index (χ0n) is 24.8. The standard InChI is InChI=1S/C32H42N4O5/c1-31(2,3)40-29(38)34-27(20-23-12-8-7-9-13-23)28(37)22-36(35-30(39)41-32(4,5)6)21-24-15-17-25(18-16-24)26-14-10-11-19-33-26/h7-19,27-28,37H,20-22H2,1-6H3,(H,34,38)(H,35,39)/t27-,28?/m0/s1. The maximum Gasteiger partial charge on any atom is 0.422 e. The molecular formula is C32H42N4O5. The lowest BCUT2D eigenvalue weighted by molar-refractivity contribution is 0.0106. The summed E-state index contributed by atoms with van der Waals surface area (Å²) in [6.07, 6.45) is -0.233. The summed E-state index contributed by atoms with van der Waals surface area (Å²) >= 11 is 0. The summed E-state index contributed by atoms with van der Waals surface area (Å²) in [7, 11) is 0. The molecule has 0 saturated carbocycles. The van der Waals surface area contributed by atoms with Gasteiger partial charge in [-0.3, -0.25) is 10.4 Å². The van der Waals surface area contributed by atoms with Crippen molar-refractivity contribution in [2.24, 2.45) is 0 Å². The van der Waals surface area contributed by atoms with Gasteiger partial charge in [-0.25, -0.2) is 14.6 Å². The van der Waals surface area contributed by atoms with Crippen molar-refractivity contribution in [3.63, 3.8) is 0 Å². The zero-order chi connectivity index (χ0) is 30.0. The van der Waals surface area contributed by atoms with E-state index in [4.69, 9.17) is 9.47 Å². The molecule has 0 saturated heterocycles. The van der Waals surface area contributed by atoms with E-state index in [2.05, 4.69) is 15.7 Å². The summed E-state index contributed by atoms with van der Waals surface area (Å²) in [5.74, 6) is 0. The number of nitrogens with zero attached hydrogens (tertiary/aromatic N) is 2. The van der Waals surface area contributed by atoms with Gasteiger partial charge >= 0.3 is 12.2 Å². The Hall–Kier alpha value is -3.95. The Morgan fingerprint density at radius 2 is 1.44 bits per heavy atom. The first-order valence-electron chi connectivity index (χ1n) is 13.7. The van der Waals surface area contributed by atoms with Crippen LogP contribution in [0, 0.1) is 0 Å². The molecule has 2 amide bonds. The largest absolute Gasteiger partial charge is 0.444 e. The van der Waals surface area contributed by atoms with E-state index in [-0.39, 0.29) is 13.1 Å². The van der Waals surface area contributed by atoms with Crippen LogP contribution in [-0.4, -0.2) is 57.2 Å². The van der Waals surface area contributed by atoms with Crippen molar-refractivity contribution in [3.8, 4) is 11.3 Å². The van der Waals surface area contributed by atoms with Crippen molar-refractivity contribution < 1.29 is 24.2 Å². The number of hydrogen-bond donors (Lipinski definition) is 3. The number of alkyl carbamates (subject to hydrolysis) is 1. The van der Waals surface area contributed by atoms with Gasteiger partial charge in [0.2, 0.25) is 0 Å². The lowest BCUT2D eigenvalue weighted by Crippen LogP contribution is -2.54. The molecular weight excluding hydrogens is 520 g/mol. The number of aromatic nitrogens is 1. The van der Waals surface area contributed by atoms with Gasteiger partial charge in [0.05, 0.1) is 17.8 Å². The Bertz CT molecular complexity index is 1240. The fourth-order valence-electron chi connectivity index (χ4n) is 4.08. The maximum absolute atomic E-state index is 12.7. The number of hydrogen-bond acceptors (Lipinski definition) is 7. The second-order valence-electron chi connectivity index (χ2n) is 11.9. The second-order valence-corrected chi connectivity index (χ2v) is 11.9. The molecule has 9 heteroatoms. The first-order valence-corrected chi connectivity index (χ1v) is 13.7. The topological polar surface area (TPSA) is 113 Å². The number of nitrogens with one attached hydrogen (secondary N) is 2. The Balaban J connectivity index is 1.80. The molecule has 1 aromatic heterocycles. The molecule has 3 aromatic rings. The molecule has 0 bridgehead atoms. The number of ether oxygens (including phenoxy) is 2. The molecule has 0 aliphatic rings. The summed E-state index contributed by atoms with van der Waals surface area (Å²) in [6.45, 7) is 11.0. The molecule has 1 unspecified atom stereocenters. The van der Waals surface area contributed by atoms with Crippen molar-refractivity contribution in [1.29, 1.82) is 0 Å². The average Bonchev–Trinajstić information content (AvgIpc) is 2.87. The number of hydrazine groups is 1. The van der Waals surface area contributed by atoms with Crippen LogP contribution in [-0.2, 0) is 22.4 Å². The fourth-order valence-corrected chi connectivity index (χ4v) is 4.08. The van der Waals surface area contributed by atoms with Crippen molar-refractivity contribution in [2.45, 2.75) is 77.9 Å². The summed E-state index contributed by atoms with van der Waals surface area (Å²) in [6, 6.07) is 22.4. The highest BCUT2D eigenvalue weighted by Crippen LogP contribution is 2.18. The monoisotopic (exact) mass is 562 g/mol.